The SMILES string of the molecule is CSc1ccc(Oc2ccccc2C2CCCN2C)cc1. The monoisotopic (exact) mass is 299 g/mol. The van der Waals surface area contributed by atoms with E-state index in [1.807, 2.05) is 18.2 Å². The van der Waals surface area contributed by atoms with Crippen molar-refractivity contribution in [1.29, 1.82) is 0 Å². The predicted octanol–water partition coefficient (Wildman–Crippen LogP) is 4.97. The van der Waals surface area contributed by atoms with E-state index >= 15 is 0 Å². The molecule has 1 aliphatic rings. The number of hydrogen-bond donors (Lipinski definition) is 0. The van der Waals surface area contributed by atoms with Crippen molar-refractivity contribution in [3.63, 3.8) is 0 Å². The normalized spacial score (nSPS) is 18.9. The van der Waals surface area contributed by atoms with Crippen molar-refractivity contribution in [2.45, 2.75) is 23.8 Å². The summed E-state index contributed by atoms with van der Waals surface area (Å²) >= 11 is 1.75. The number of rotatable bonds is 4. The van der Waals surface area contributed by atoms with Gasteiger partial charge >= 0.3 is 0 Å². The third-order valence-electron chi connectivity index (χ3n) is 4.09. The standard InChI is InChI=1S/C18H21NOS/c1-19-13-5-7-17(19)16-6-3-4-8-18(16)20-14-9-11-15(21-2)12-10-14/h3-4,6,8-12,17H,5,7,13H2,1-2H3. The summed E-state index contributed by atoms with van der Waals surface area (Å²) in [4.78, 5) is 3.67. The van der Waals surface area contributed by atoms with Crippen LogP contribution in [0.5, 0.6) is 11.5 Å². The molecule has 0 aromatic heterocycles. The molecule has 3 heteroatoms. The molecule has 1 saturated heterocycles. The Labute approximate surface area is 131 Å². The minimum atomic E-state index is 0.478. The molecule has 0 radical (unpaired) electrons. The van der Waals surface area contributed by atoms with Gasteiger partial charge in [0.25, 0.3) is 0 Å². The van der Waals surface area contributed by atoms with Crippen LogP contribution in [0.3, 0.4) is 0 Å². The first-order chi connectivity index (χ1) is 10.3. The third kappa shape index (κ3) is 3.25. The predicted molar refractivity (Wildman–Crippen MR) is 89.3 cm³/mol. The lowest BCUT2D eigenvalue weighted by Gasteiger charge is -2.22. The molecule has 0 aliphatic carbocycles. The fourth-order valence-electron chi connectivity index (χ4n) is 2.92. The molecule has 0 saturated carbocycles. The molecule has 3 rings (SSSR count). The second-order valence-corrected chi connectivity index (χ2v) is 6.33. The molecule has 0 spiro atoms. The number of nitrogens with zero attached hydrogens (tertiary/aromatic N) is 1. The summed E-state index contributed by atoms with van der Waals surface area (Å²) in [5.74, 6) is 1.88. The Balaban J connectivity index is 1.84. The molecule has 0 N–H and O–H groups in total. The van der Waals surface area contributed by atoms with Gasteiger partial charge in [0.1, 0.15) is 11.5 Å². The second-order valence-electron chi connectivity index (χ2n) is 5.45. The molecular formula is C18H21NOS. The fraction of sp³-hybridized carbons (Fsp3) is 0.333. The van der Waals surface area contributed by atoms with Gasteiger partial charge in [-0.3, -0.25) is 4.90 Å². The molecule has 110 valence electrons. The van der Waals surface area contributed by atoms with E-state index in [2.05, 4.69) is 48.5 Å². The van der Waals surface area contributed by atoms with E-state index in [1.165, 1.54) is 29.8 Å². The molecular weight excluding hydrogens is 278 g/mol. The summed E-state index contributed by atoms with van der Waals surface area (Å²) in [6.45, 7) is 1.17. The Morgan fingerprint density at radius 3 is 2.52 bits per heavy atom. The van der Waals surface area contributed by atoms with Crippen LogP contribution in [0, 0.1) is 0 Å². The summed E-state index contributed by atoms with van der Waals surface area (Å²) in [5, 5.41) is 0. The van der Waals surface area contributed by atoms with Crippen LogP contribution in [-0.4, -0.2) is 24.7 Å². The zero-order valence-electron chi connectivity index (χ0n) is 12.6. The van der Waals surface area contributed by atoms with Crippen molar-refractivity contribution in [2.24, 2.45) is 0 Å². The first-order valence-electron chi connectivity index (χ1n) is 7.39. The second kappa shape index (κ2) is 6.54. The van der Waals surface area contributed by atoms with E-state index in [0.29, 0.717) is 6.04 Å². The molecule has 1 unspecified atom stereocenters. The van der Waals surface area contributed by atoms with Crippen LogP contribution >= 0.6 is 11.8 Å². The number of likely N-dealkylation sites (tertiary alicyclic amines) is 1. The Hall–Kier alpha value is -1.45. The van der Waals surface area contributed by atoms with E-state index in [4.69, 9.17) is 4.74 Å². The van der Waals surface area contributed by atoms with Gasteiger partial charge in [0.2, 0.25) is 0 Å². The summed E-state index contributed by atoms with van der Waals surface area (Å²) in [6.07, 6.45) is 4.56. The zero-order valence-corrected chi connectivity index (χ0v) is 13.4. The van der Waals surface area contributed by atoms with Gasteiger partial charge in [0.15, 0.2) is 0 Å². The van der Waals surface area contributed by atoms with E-state index in [0.717, 1.165) is 11.5 Å². The van der Waals surface area contributed by atoms with Crippen molar-refractivity contribution < 1.29 is 4.74 Å². The van der Waals surface area contributed by atoms with Gasteiger partial charge in [-0.15, -0.1) is 11.8 Å². The lowest BCUT2D eigenvalue weighted by atomic mass is 10.0. The lowest BCUT2D eigenvalue weighted by molar-refractivity contribution is 0.310. The van der Waals surface area contributed by atoms with Crippen LogP contribution in [0.25, 0.3) is 0 Å². The van der Waals surface area contributed by atoms with Crippen LogP contribution in [0.1, 0.15) is 24.4 Å². The maximum absolute atomic E-state index is 6.13. The Morgan fingerprint density at radius 2 is 1.86 bits per heavy atom. The minimum absolute atomic E-state index is 0.478. The van der Waals surface area contributed by atoms with Gasteiger partial charge in [-0.25, -0.2) is 0 Å². The molecule has 0 bridgehead atoms. The number of hydrogen-bond acceptors (Lipinski definition) is 3. The molecule has 2 aromatic carbocycles. The number of thioether (sulfide) groups is 1. The lowest BCUT2D eigenvalue weighted by Crippen LogP contribution is -2.17. The first-order valence-corrected chi connectivity index (χ1v) is 8.61. The van der Waals surface area contributed by atoms with Crippen LogP contribution in [0.4, 0.5) is 0 Å². The van der Waals surface area contributed by atoms with Crippen LogP contribution in [0.2, 0.25) is 0 Å². The van der Waals surface area contributed by atoms with Crippen molar-refractivity contribution in [3.8, 4) is 11.5 Å². The van der Waals surface area contributed by atoms with Crippen LogP contribution < -0.4 is 4.74 Å². The molecule has 1 aliphatic heterocycles. The number of para-hydroxylation sites is 1. The van der Waals surface area contributed by atoms with Gasteiger partial charge in [-0.05, 0) is 63.0 Å². The van der Waals surface area contributed by atoms with Crippen molar-refractivity contribution in [2.75, 3.05) is 19.8 Å². The molecule has 1 atom stereocenters. The van der Waals surface area contributed by atoms with Gasteiger partial charge in [0, 0.05) is 16.5 Å². The average molecular weight is 299 g/mol. The topological polar surface area (TPSA) is 12.5 Å². The van der Waals surface area contributed by atoms with Crippen molar-refractivity contribution >= 4 is 11.8 Å². The molecule has 2 aromatic rings. The van der Waals surface area contributed by atoms with E-state index in [-0.39, 0.29) is 0 Å². The smallest absolute Gasteiger partial charge is 0.132 e. The number of benzene rings is 2. The van der Waals surface area contributed by atoms with E-state index in [1.54, 1.807) is 11.8 Å². The Morgan fingerprint density at radius 1 is 1.10 bits per heavy atom. The first kappa shape index (κ1) is 14.5. The molecule has 1 heterocycles. The van der Waals surface area contributed by atoms with Crippen LogP contribution in [0.15, 0.2) is 53.4 Å². The van der Waals surface area contributed by atoms with Gasteiger partial charge in [0.05, 0.1) is 0 Å². The van der Waals surface area contributed by atoms with Crippen molar-refractivity contribution in [1.82, 2.24) is 4.90 Å². The molecule has 21 heavy (non-hydrogen) atoms. The minimum Gasteiger partial charge on any atom is -0.457 e. The summed E-state index contributed by atoms with van der Waals surface area (Å²) in [7, 11) is 2.20. The molecule has 2 nitrogen and oxygen atoms in total. The quantitative estimate of drug-likeness (QED) is 0.740. The Bertz CT molecular complexity index is 596. The average Bonchev–Trinajstić information content (AvgIpc) is 2.95. The van der Waals surface area contributed by atoms with Gasteiger partial charge in [-0.2, -0.15) is 0 Å². The highest BCUT2D eigenvalue weighted by atomic mass is 32.2. The van der Waals surface area contributed by atoms with Gasteiger partial charge in [-0.1, -0.05) is 18.2 Å². The van der Waals surface area contributed by atoms with E-state index in [9.17, 15) is 0 Å². The zero-order chi connectivity index (χ0) is 14.7. The maximum atomic E-state index is 6.13. The Kier molecular flexibility index (Phi) is 4.51. The summed E-state index contributed by atoms with van der Waals surface area (Å²) < 4.78 is 6.13. The maximum Gasteiger partial charge on any atom is 0.132 e. The largest absolute Gasteiger partial charge is 0.457 e. The number of ether oxygens (including phenoxy) is 1. The van der Waals surface area contributed by atoms with E-state index < -0.39 is 0 Å². The van der Waals surface area contributed by atoms with Gasteiger partial charge < -0.3 is 4.74 Å². The third-order valence-corrected chi connectivity index (χ3v) is 4.83. The molecule has 0 amide bonds. The fourth-order valence-corrected chi connectivity index (χ4v) is 3.33. The molecule has 1 fully saturated rings. The van der Waals surface area contributed by atoms with Crippen LogP contribution in [-0.2, 0) is 0 Å². The highest BCUT2D eigenvalue weighted by Crippen LogP contribution is 2.37. The van der Waals surface area contributed by atoms with Crippen molar-refractivity contribution in [3.05, 3.63) is 54.1 Å². The highest BCUT2D eigenvalue weighted by Gasteiger charge is 2.25. The summed E-state index contributed by atoms with van der Waals surface area (Å²) in [6, 6.07) is 17.2. The summed E-state index contributed by atoms with van der Waals surface area (Å²) in [5.41, 5.74) is 1.30. The highest BCUT2D eigenvalue weighted by molar-refractivity contribution is 7.98.